The first kappa shape index (κ1) is 24.4. The molecule has 0 radical (unpaired) electrons. The van der Waals surface area contributed by atoms with E-state index in [9.17, 15) is 9.59 Å². The van der Waals surface area contributed by atoms with Crippen LogP contribution < -0.4 is 5.32 Å². The third kappa shape index (κ3) is 8.42. The van der Waals surface area contributed by atoms with Crippen molar-refractivity contribution in [3.05, 3.63) is 71.8 Å². The number of ether oxygens (including phenoxy) is 1. The van der Waals surface area contributed by atoms with E-state index in [1.165, 1.54) is 39.2 Å². The van der Waals surface area contributed by atoms with Gasteiger partial charge in [0.1, 0.15) is 6.61 Å². The molecule has 31 heavy (non-hydrogen) atoms. The number of methoxy groups -OCH3 is 1. The van der Waals surface area contributed by atoms with Crippen LogP contribution in [0.5, 0.6) is 0 Å². The number of nitrogens with zero attached hydrogens (tertiary/aromatic N) is 1. The van der Waals surface area contributed by atoms with Crippen LogP contribution in [0.15, 0.2) is 60.7 Å². The highest BCUT2D eigenvalue weighted by atomic mass is 16.5. The number of hydrogen-bond donors (Lipinski definition) is 2. The number of amides is 2. The lowest BCUT2D eigenvalue weighted by molar-refractivity contribution is -0.141. The summed E-state index contributed by atoms with van der Waals surface area (Å²) in [4.78, 5) is 24.1. The van der Waals surface area contributed by atoms with E-state index in [1.54, 1.807) is 0 Å². The molecule has 1 aliphatic rings. The molecule has 0 heterocycles. The summed E-state index contributed by atoms with van der Waals surface area (Å²) in [5.74, 6) is -0.296. The van der Waals surface area contributed by atoms with Crippen molar-refractivity contribution in [1.82, 2.24) is 10.2 Å². The van der Waals surface area contributed by atoms with Crippen LogP contribution in [0.3, 0.4) is 0 Å². The van der Waals surface area contributed by atoms with Crippen LogP contribution in [0.2, 0.25) is 0 Å². The zero-order valence-electron chi connectivity index (χ0n) is 18.5. The Kier molecular flexibility index (Phi) is 10.6. The van der Waals surface area contributed by atoms with Crippen LogP contribution >= 0.6 is 0 Å². The average molecular weight is 427 g/mol. The van der Waals surface area contributed by atoms with Crippen molar-refractivity contribution in [2.75, 3.05) is 27.3 Å². The van der Waals surface area contributed by atoms with Gasteiger partial charge in [-0.25, -0.2) is 9.59 Å². The normalized spacial score (nSPS) is 13.8. The molecule has 1 saturated carbocycles. The van der Waals surface area contributed by atoms with Gasteiger partial charge in [0.15, 0.2) is 0 Å². The molecule has 0 saturated heterocycles. The maximum absolute atomic E-state index is 12.8. The summed E-state index contributed by atoms with van der Waals surface area (Å²) >= 11 is 0. The van der Waals surface area contributed by atoms with Crippen LogP contribution in [0.4, 0.5) is 4.79 Å². The molecule has 2 aromatic rings. The predicted molar refractivity (Wildman–Crippen MR) is 122 cm³/mol. The molecule has 168 valence electrons. The van der Waals surface area contributed by atoms with Gasteiger partial charge < -0.3 is 20.1 Å². The molecule has 0 spiro atoms. The van der Waals surface area contributed by atoms with Gasteiger partial charge in [-0.2, -0.15) is 0 Å². The monoisotopic (exact) mass is 426 g/mol. The Morgan fingerprint density at radius 2 is 1.52 bits per heavy atom. The van der Waals surface area contributed by atoms with Crippen molar-refractivity contribution in [3.63, 3.8) is 0 Å². The molecular formula is C25H34N2O4. The van der Waals surface area contributed by atoms with Gasteiger partial charge in [-0.15, -0.1) is 0 Å². The van der Waals surface area contributed by atoms with E-state index < -0.39 is 5.97 Å². The fraction of sp³-hybridized carbons (Fsp3) is 0.440. The average Bonchev–Trinajstić information content (AvgIpc) is 2.80. The van der Waals surface area contributed by atoms with Crippen molar-refractivity contribution in [1.29, 1.82) is 0 Å². The van der Waals surface area contributed by atoms with Crippen LogP contribution in [-0.4, -0.2) is 49.3 Å². The number of nitrogens with one attached hydrogen (secondary N) is 1. The Hall–Kier alpha value is -2.86. The van der Waals surface area contributed by atoms with Gasteiger partial charge in [0.2, 0.25) is 0 Å². The Bertz CT molecular complexity index is 737. The number of hydrogen-bond acceptors (Lipinski definition) is 3. The number of aliphatic carboxylic acids is 1. The third-order valence-electron chi connectivity index (χ3n) is 5.47. The lowest BCUT2D eigenvalue weighted by Gasteiger charge is -2.30. The highest BCUT2D eigenvalue weighted by Gasteiger charge is 2.24. The molecule has 2 amide bonds. The fourth-order valence-electron chi connectivity index (χ4n) is 3.90. The first-order chi connectivity index (χ1) is 15.0. The molecule has 0 bridgehead atoms. The van der Waals surface area contributed by atoms with Gasteiger partial charge in [-0.3, -0.25) is 0 Å². The molecule has 2 N–H and O–H groups in total. The summed E-state index contributed by atoms with van der Waals surface area (Å²) in [5.41, 5.74) is 2.26. The van der Waals surface area contributed by atoms with Crippen molar-refractivity contribution in [3.8, 4) is 0 Å². The number of rotatable bonds is 7. The lowest BCUT2D eigenvalue weighted by Crippen LogP contribution is -2.42. The van der Waals surface area contributed by atoms with E-state index in [4.69, 9.17) is 5.11 Å². The van der Waals surface area contributed by atoms with Gasteiger partial charge in [0, 0.05) is 20.7 Å². The van der Waals surface area contributed by atoms with Crippen molar-refractivity contribution in [2.45, 2.75) is 38.1 Å². The molecule has 0 unspecified atom stereocenters. The first-order valence-corrected chi connectivity index (χ1v) is 10.8. The van der Waals surface area contributed by atoms with E-state index in [0.29, 0.717) is 5.92 Å². The summed E-state index contributed by atoms with van der Waals surface area (Å²) in [6.07, 6.45) is 6.42. The zero-order chi connectivity index (χ0) is 22.5. The minimum absolute atomic E-state index is 0.00304. The number of carboxylic acid groups (broad SMARTS) is 1. The Balaban J connectivity index is 0.000000501. The van der Waals surface area contributed by atoms with Crippen LogP contribution in [-0.2, 0) is 9.53 Å². The zero-order valence-corrected chi connectivity index (χ0v) is 18.5. The number of benzene rings is 2. The first-order valence-electron chi connectivity index (χ1n) is 10.8. The topological polar surface area (TPSA) is 78.9 Å². The molecule has 1 fully saturated rings. The van der Waals surface area contributed by atoms with Gasteiger partial charge in [0.05, 0.1) is 6.04 Å². The van der Waals surface area contributed by atoms with E-state index in [1.807, 2.05) is 48.3 Å². The number of carbonyl (C=O) groups is 2. The molecule has 1 aliphatic carbocycles. The van der Waals surface area contributed by atoms with E-state index >= 15 is 0 Å². The maximum Gasteiger partial charge on any atom is 0.329 e. The Morgan fingerprint density at radius 3 is 1.94 bits per heavy atom. The summed E-state index contributed by atoms with van der Waals surface area (Å²) in [6.45, 7) is 0.583. The molecular weight excluding hydrogens is 392 g/mol. The predicted octanol–water partition coefficient (Wildman–Crippen LogP) is 4.72. The van der Waals surface area contributed by atoms with Gasteiger partial charge in [0.25, 0.3) is 0 Å². The Labute approximate surface area is 185 Å². The maximum atomic E-state index is 12.8. The second-order valence-corrected chi connectivity index (χ2v) is 7.85. The van der Waals surface area contributed by atoms with Crippen LogP contribution in [0.25, 0.3) is 0 Å². The van der Waals surface area contributed by atoms with Crippen molar-refractivity contribution in [2.24, 2.45) is 5.92 Å². The van der Waals surface area contributed by atoms with Crippen molar-refractivity contribution < 1.29 is 19.4 Å². The minimum atomic E-state index is -0.933. The summed E-state index contributed by atoms with van der Waals surface area (Å²) < 4.78 is 4.20. The van der Waals surface area contributed by atoms with Crippen LogP contribution in [0.1, 0.15) is 49.3 Å². The van der Waals surface area contributed by atoms with Gasteiger partial charge in [-0.1, -0.05) is 79.9 Å². The largest absolute Gasteiger partial charge is 0.480 e. The summed E-state index contributed by atoms with van der Waals surface area (Å²) in [5, 5.41) is 10.9. The van der Waals surface area contributed by atoms with Gasteiger partial charge in [-0.05, 0) is 29.9 Å². The van der Waals surface area contributed by atoms with Crippen LogP contribution in [0, 0.1) is 5.92 Å². The standard InChI is InChI=1S/C22H28N2O.C3H6O3/c1-24(22(25)23-17-18-11-5-2-6-12-18)21(19-13-7-3-8-14-19)20-15-9-4-10-16-20;1-6-2-3(4)5/h3-4,7-10,13-16,18,21H,2,5-6,11-12,17H2,1H3,(H,23,25);2H2,1H3,(H,4,5). The lowest BCUT2D eigenvalue weighted by atomic mass is 9.89. The molecule has 6 nitrogen and oxygen atoms in total. The van der Waals surface area contributed by atoms with Gasteiger partial charge >= 0.3 is 12.0 Å². The molecule has 0 aromatic heterocycles. The number of urea groups is 1. The fourth-order valence-corrected chi connectivity index (χ4v) is 3.90. The second kappa shape index (κ2) is 13.4. The second-order valence-electron chi connectivity index (χ2n) is 7.85. The quantitative estimate of drug-likeness (QED) is 0.672. The summed E-state index contributed by atoms with van der Waals surface area (Å²) in [7, 11) is 3.23. The summed E-state index contributed by atoms with van der Waals surface area (Å²) in [6, 6.07) is 20.4. The Morgan fingerprint density at radius 1 is 1.00 bits per heavy atom. The van der Waals surface area contributed by atoms with E-state index in [-0.39, 0.29) is 18.7 Å². The minimum Gasteiger partial charge on any atom is -0.480 e. The number of carbonyl (C=O) groups excluding carboxylic acids is 1. The third-order valence-corrected chi connectivity index (χ3v) is 5.47. The molecule has 2 aromatic carbocycles. The number of carboxylic acids is 1. The highest BCUT2D eigenvalue weighted by molar-refractivity contribution is 5.75. The van der Waals surface area contributed by atoms with Crippen molar-refractivity contribution >= 4 is 12.0 Å². The molecule has 3 rings (SSSR count). The van der Waals surface area contributed by atoms with E-state index in [2.05, 4.69) is 34.3 Å². The van der Waals surface area contributed by atoms with E-state index in [0.717, 1.165) is 17.7 Å². The highest BCUT2D eigenvalue weighted by Crippen LogP contribution is 2.28. The SMILES string of the molecule is CN(C(=O)NCC1CCCCC1)C(c1ccccc1)c1ccccc1.COCC(=O)O. The molecule has 6 heteroatoms. The molecule has 0 atom stereocenters. The molecule has 0 aliphatic heterocycles. The smallest absolute Gasteiger partial charge is 0.329 e.